The van der Waals surface area contributed by atoms with Crippen LogP contribution in [0.4, 0.5) is 0 Å². The van der Waals surface area contributed by atoms with Crippen molar-refractivity contribution in [1.29, 1.82) is 0 Å². The molecular weight excluding hydrogens is 228 g/mol. The summed E-state index contributed by atoms with van der Waals surface area (Å²) in [5.41, 5.74) is 1.34. The molecule has 0 unspecified atom stereocenters. The highest BCUT2D eigenvalue weighted by molar-refractivity contribution is 6.61. The summed E-state index contributed by atoms with van der Waals surface area (Å²) >= 11 is 0. The summed E-state index contributed by atoms with van der Waals surface area (Å²) in [7, 11) is -1.36. The third-order valence-corrected chi connectivity index (χ3v) is 4.60. The molecule has 17 heavy (non-hydrogen) atoms. The van der Waals surface area contributed by atoms with Crippen molar-refractivity contribution in [2.45, 2.75) is 53.2 Å². The normalized spacial score (nSPS) is 11.8. The maximum atomic E-state index is 5.97. The molecule has 0 spiro atoms. The van der Waals surface area contributed by atoms with Crippen LogP contribution in [-0.2, 0) is 15.3 Å². The molecule has 0 fully saturated rings. The molecule has 1 radical (unpaired) electrons. The predicted octanol–water partition coefficient (Wildman–Crippen LogP) is 2.79. The van der Waals surface area contributed by atoms with Crippen LogP contribution in [0.3, 0.4) is 0 Å². The van der Waals surface area contributed by atoms with Gasteiger partial charge in [0, 0.05) is 12.2 Å². The first-order valence-electron chi connectivity index (χ1n) is 6.33. The van der Waals surface area contributed by atoms with Gasteiger partial charge in [-0.3, -0.25) is 0 Å². The van der Waals surface area contributed by atoms with Crippen molar-refractivity contribution >= 4 is 14.5 Å². The largest absolute Gasteiger partial charge is 0.424 e. The summed E-state index contributed by atoms with van der Waals surface area (Å²) in [4.78, 5) is 0. The zero-order valence-electron chi connectivity index (χ0n) is 11.5. The second-order valence-electron chi connectivity index (χ2n) is 4.63. The lowest BCUT2D eigenvalue weighted by Crippen LogP contribution is -2.42. The van der Waals surface area contributed by atoms with Gasteiger partial charge in [-0.2, -0.15) is 0 Å². The summed E-state index contributed by atoms with van der Waals surface area (Å²) in [6.45, 7) is 10.4. The summed E-state index contributed by atoms with van der Waals surface area (Å²) in [6, 6.07) is 8.43. The SMILES string of the molecule is CCc1ccccc1[Si](OC(C)C)OC(C)C. The molecule has 0 heterocycles. The number of rotatable bonds is 6. The fourth-order valence-corrected chi connectivity index (χ4v) is 3.53. The average Bonchev–Trinajstić information content (AvgIpc) is 2.27. The van der Waals surface area contributed by atoms with Gasteiger partial charge in [0.25, 0.3) is 0 Å². The van der Waals surface area contributed by atoms with Gasteiger partial charge in [-0.25, -0.2) is 0 Å². The van der Waals surface area contributed by atoms with Crippen molar-refractivity contribution < 1.29 is 8.85 Å². The van der Waals surface area contributed by atoms with Crippen molar-refractivity contribution in [3.05, 3.63) is 29.8 Å². The van der Waals surface area contributed by atoms with E-state index in [9.17, 15) is 0 Å². The first-order chi connectivity index (χ1) is 8.04. The van der Waals surface area contributed by atoms with E-state index in [1.54, 1.807) is 0 Å². The van der Waals surface area contributed by atoms with Gasteiger partial charge in [0.05, 0.1) is 0 Å². The average molecular weight is 251 g/mol. The van der Waals surface area contributed by atoms with E-state index in [1.165, 1.54) is 10.8 Å². The highest BCUT2D eigenvalue weighted by Crippen LogP contribution is 2.06. The molecule has 0 aliphatic rings. The second kappa shape index (κ2) is 6.94. The number of aryl methyl sites for hydroxylation is 1. The molecule has 0 aliphatic carbocycles. The lowest BCUT2D eigenvalue weighted by Gasteiger charge is -2.22. The van der Waals surface area contributed by atoms with Crippen LogP contribution in [0.25, 0.3) is 0 Å². The molecule has 0 amide bonds. The quantitative estimate of drug-likeness (QED) is 0.724. The second-order valence-corrected chi connectivity index (χ2v) is 6.22. The number of hydrogen-bond donors (Lipinski definition) is 0. The van der Waals surface area contributed by atoms with Crippen LogP contribution in [0, 0.1) is 0 Å². The Balaban J connectivity index is 2.94. The van der Waals surface area contributed by atoms with Gasteiger partial charge >= 0.3 is 9.28 Å². The van der Waals surface area contributed by atoms with Crippen LogP contribution >= 0.6 is 0 Å². The van der Waals surface area contributed by atoms with E-state index in [4.69, 9.17) is 8.85 Å². The van der Waals surface area contributed by atoms with Gasteiger partial charge in [0.2, 0.25) is 0 Å². The number of benzene rings is 1. The fraction of sp³-hybridized carbons (Fsp3) is 0.571. The lowest BCUT2D eigenvalue weighted by molar-refractivity contribution is 0.139. The Hall–Kier alpha value is -0.643. The molecule has 0 bridgehead atoms. The minimum absolute atomic E-state index is 0.201. The molecule has 0 aliphatic heterocycles. The molecular formula is C14H23O2Si. The molecule has 2 nitrogen and oxygen atoms in total. The van der Waals surface area contributed by atoms with Crippen LogP contribution < -0.4 is 5.19 Å². The van der Waals surface area contributed by atoms with E-state index >= 15 is 0 Å². The van der Waals surface area contributed by atoms with Crippen LogP contribution in [0.2, 0.25) is 0 Å². The Labute approximate surface area is 107 Å². The first kappa shape index (κ1) is 14.4. The maximum Gasteiger partial charge on any atom is 0.424 e. The van der Waals surface area contributed by atoms with Crippen molar-refractivity contribution in [2.24, 2.45) is 0 Å². The standard InChI is InChI=1S/C14H23O2Si/c1-6-13-9-7-8-10-14(13)17(15-11(2)3)16-12(4)5/h7-12H,6H2,1-5H3. The Morgan fingerprint density at radius 1 is 1.00 bits per heavy atom. The highest BCUT2D eigenvalue weighted by atomic mass is 28.3. The molecule has 0 N–H and O–H groups in total. The molecule has 95 valence electrons. The van der Waals surface area contributed by atoms with Crippen LogP contribution in [0.5, 0.6) is 0 Å². The summed E-state index contributed by atoms with van der Waals surface area (Å²) in [5.74, 6) is 0. The summed E-state index contributed by atoms with van der Waals surface area (Å²) < 4.78 is 11.9. The summed E-state index contributed by atoms with van der Waals surface area (Å²) in [6.07, 6.45) is 1.42. The molecule has 1 aromatic carbocycles. The molecule has 1 aromatic rings. The zero-order chi connectivity index (χ0) is 12.8. The van der Waals surface area contributed by atoms with E-state index in [0.717, 1.165) is 6.42 Å². The van der Waals surface area contributed by atoms with Crippen molar-refractivity contribution in [3.63, 3.8) is 0 Å². The number of hydrogen-bond acceptors (Lipinski definition) is 2. The van der Waals surface area contributed by atoms with Gasteiger partial charge in [0.1, 0.15) is 0 Å². The molecule has 0 saturated carbocycles. The Bertz CT molecular complexity index is 327. The minimum Gasteiger partial charge on any atom is -0.387 e. The maximum absolute atomic E-state index is 5.97. The lowest BCUT2D eigenvalue weighted by atomic mass is 10.2. The van der Waals surface area contributed by atoms with Gasteiger partial charge in [-0.15, -0.1) is 0 Å². The Morgan fingerprint density at radius 3 is 2.00 bits per heavy atom. The zero-order valence-corrected chi connectivity index (χ0v) is 12.5. The summed E-state index contributed by atoms with van der Waals surface area (Å²) in [5, 5.41) is 1.25. The monoisotopic (exact) mass is 251 g/mol. The molecule has 0 aromatic heterocycles. The smallest absolute Gasteiger partial charge is 0.387 e. The minimum atomic E-state index is -1.36. The third-order valence-electron chi connectivity index (χ3n) is 2.30. The van der Waals surface area contributed by atoms with Crippen molar-refractivity contribution in [1.82, 2.24) is 0 Å². The van der Waals surface area contributed by atoms with E-state index in [2.05, 4.69) is 58.9 Å². The third kappa shape index (κ3) is 4.62. The van der Waals surface area contributed by atoms with Crippen LogP contribution in [-0.4, -0.2) is 21.5 Å². The van der Waals surface area contributed by atoms with E-state index in [1.807, 2.05) is 0 Å². The highest BCUT2D eigenvalue weighted by Gasteiger charge is 2.24. The molecule has 0 atom stereocenters. The Morgan fingerprint density at radius 2 is 1.53 bits per heavy atom. The predicted molar refractivity (Wildman–Crippen MR) is 73.7 cm³/mol. The Kier molecular flexibility index (Phi) is 5.89. The molecule has 3 heteroatoms. The van der Waals surface area contributed by atoms with E-state index < -0.39 is 9.28 Å². The van der Waals surface area contributed by atoms with E-state index in [-0.39, 0.29) is 12.2 Å². The van der Waals surface area contributed by atoms with E-state index in [0.29, 0.717) is 0 Å². The van der Waals surface area contributed by atoms with Gasteiger partial charge in [-0.05, 0) is 44.9 Å². The molecule has 0 saturated heterocycles. The van der Waals surface area contributed by atoms with Crippen molar-refractivity contribution in [2.75, 3.05) is 0 Å². The van der Waals surface area contributed by atoms with Crippen molar-refractivity contribution in [3.8, 4) is 0 Å². The van der Waals surface area contributed by atoms with Gasteiger partial charge in [-0.1, -0.05) is 31.2 Å². The van der Waals surface area contributed by atoms with Gasteiger partial charge < -0.3 is 8.85 Å². The van der Waals surface area contributed by atoms with Gasteiger partial charge in [0.15, 0.2) is 0 Å². The van der Waals surface area contributed by atoms with Crippen LogP contribution in [0.1, 0.15) is 40.2 Å². The van der Waals surface area contributed by atoms with Crippen LogP contribution in [0.15, 0.2) is 24.3 Å². The first-order valence-corrected chi connectivity index (χ1v) is 7.64. The topological polar surface area (TPSA) is 18.5 Å². The molecule has 1 rings (SSSR count). The fourth-order valence-electron chi connectivity index (χ4n) is 1.61.